The third kappa shape index (κ3) is 3.20. The van der Waals surface area contributed by atoms with Crippen molar-refractivity contribution in [1.82, 2.24) is 14.5 Å². The molecule has 0 radical (unpaired) electrons. The number of nitrogens with zero attached hydrogens (tertiary/aromatic N) is 3. The van der Waals surface area contributed by atoms with Gasteiger partial charge in [0.1, 0.15) is 17.2 Å². The second kappa shape index (κ2) is 6.93. The normalized spacial score (nSPS) is 21.6. The van der Waals surface area contributed by atoms with Gasteiger partial charge in [0.2, 0.25) is 5.91 Å². The van der Waals surface area contributed by atoms with Gasteiger partial charge in [-0.15, -0.1) is 0 Å². The third-order valence-electron chi connectivity index (χ3n) is 5.87. The smallest absolute Gasteiger partial charge is 0.222 e. The Morgan fingerprint density at radius 1 is 1.38 bits per heavy atom. The number of aromatic nitrogens is 3. The third-order valence-corrected chi connectivity index (χ3v) is 5.87. The molecule has 1 atom stereocenters. The fourth-order valence-electron chi connectivity index (χ4n) is 4.13. The van der Waals surface area contributed by atoms with Crippen LogP contribution in [0.5, 0.6) is 0 Å². The first kappa shape index (κ1) is 18.3. The van der Waals surface area contributed by atoms with Crippen molar-refractivity contribution in [2.45, 2.75) is 37.7 Å². The molecule has 3 aromatic rings. The minimum Gasteiger partial charge on any atom is -0.378 e. The van der Waals surface area contributed by atoms with Gasteiger partial charge in [-0.2, -0.15) is 0 Å². The zero-order chi connectivity index (χ0) is 20.0. The molecule has 7 nitrogen and oxygen atoms in total. The van der Waals surface area contributed by atoms with Crippen molar-refractivity contribution in [1.29, 1.82) is 0 Å². The molecule has 1 amide bonds. The van der Waals surface area contributed by atoms with Crippen molar-refractivity contribution in [2.75, 3.05) is 25.6 Å². The molecule has 2 aliphatic rings. The number of anilines is 1. The Balaban J connectivity index is 1.64. The van der Waals surface area contributed by atoms with E-state index in [-0.39, 0.29) is 5.91 Å². The van der Waals surface area contributed by atoms with Crippen LogP contribution in [-0.2, 0) is 19.9 Å². The predicted molar refractivity (Wildman–Crippen MR) is 109 cm³/mol. The van der Waals surface area contributed by atoms with Crippen LogP contribution in [0.1, 0.15) is 43.4 Å². The fraction of sp³-hybridized carbons (Fsp3) is 0.409. The van der Waals surface area contributed by atoms with Crippen LogP contribution in [0, 0.1) is 0 Å². The molecule has 1 N–H and O–H groups in total. The van der Waals surface area contributed by atoms with Gasteiger partial charge in [-0.25, -0.2) is 9.97 Å². The van der Waals surface area contributed by atoms with Crippen molar-refractivity contribution in [3.63, 3.8) is 0 Å². The van der Waals surface area contributed by atoms with E-state index in [1.54, 1.807) is 7.11 Å². The molecule has 1 aliphatic carbocycles. The molecular weight excluding hydrogens is 368 g/mol. The van der Waals surface area contributed by atoms with Gasteiger partial charge in [0, 0.05) is 50.9 Å². The summed E-state index contributed by atoms with van der Waals surface area (Å²) in [6.07, 6.45) is 7.21. The van der Waals surface area contributed by atoms with Crippen LogP contribution < -0.4 is 5.32 Å². The second-order valence-electron chi connectivity index (χ2n) is 7.88. The van der Waals surface area contributed by atoms with E-state index in [2.05, 4.69) is 21.1 Å². The Labute approximate surface area is 169 Å². The highest BCUT2D eigenvalue weighted by Crippen LogP contribution is 2.44. The topological polar surface area (TPSA) is 78.3 Å². The molecule has 7 heteroatoms. The van der Waals surface area contributed by atoms with Gasteiger partial charge in [0.15, 0.2) is 0 Å². The van der Waals surface area contributed by atoms with Crippen LogP contribution >= 0.6 is 0 Å². The number of nitrogens with one attached hydrogen (secondary N) is 1. The number of amides is 1. The SMILES string of the molecule is COC1(c2cccc(-n3cc(C4CC4)c4cnc(NC(C)=O)cc43)n2)CCOC1. The average Bonchev–Trinajstić information content (AvgIpc) is 3.32. The van der Waals surface area contributed by atoms with Crippen LogP contribution in [0.25, 0.3) is 16.7 Å². The van der Waals surface area contributed by atoms with Crippen molar-refractivity contribution in [3.05, 3.63) is 47.9 Å². The van der Waals surface area contributed by atoms with Crippen LogP contribution in [0.15, 0.2) is 36.7 Å². The molecule has 150 valence electrons. The lowest BCUT2D eigenvalue weighted by Gasteiger charge is -2.25. The molecule has 2 fully saturated rings. The van der Waals surface area contributed by atoms with Gasteiger partial charge >= 0.3 is 0 Å². The number of fused-ring (bicyclic) bond motifs is 1. The van der Waals surface area contributed by atoms with Crippen LogP contribution in [0.2, 0.25) is 0 Å². The molecule has 3 aromatic heterocycles. The van der Waals surface area contributed by atoms with E-state index in [1.165, 1.54) is 25.3 Å². The summed E-state index contributed by atoms with van der Waals surface area (Å²) in [5, 5.41) is 3.89. The van der Waals surface area contributed by atoms with E-state index in [0.717, 1.165) is 28.8 Å². The summed E-state index contributed by atoms with van der Waals surface area (Å²) in [4.78, 5) is 20.9. The molecule has 1 saturated carbocycles. The quantitative estimate of drug-likeness (QED) is 0.719. The van der Waals surface area contributed by atoms with E-state index in [0.29, 0.717) is 24.9 Å². The minimum absolute atomic E-state index is 0.138. The molecule has 0 aromatic carbocycles. The highest BCUT2D eigenvalue weighted by molar-refractivity contribution is 5.92. The van der Waals surface area contributed by atoms with Gasteiger partial charge in [0.05, 0.1) is 17.8 Å². The second-order valence-corrected chi connectivity index (χ2v) is 7.88. The van der Waals surface area contributed by atoms with Gasteiger partial charge < -0.3 is 19.4 Å². The number of carbonyl (C=O) groups excluding carboxylic acids is 1. The first-order valence-corrected chi connectivity index (χ1v) is 9.99. The van der Waals surface area contributed by atoms with Crippen molar-refractivity contribution >= 4 is 22.6 Å². The van der Waals surface area contributed by atoms with Gasteiger partial charge in [-0.3, -0.25) is 4.79 Å². The summed E-state index contributed by atoms with van der Waals surface area (Å²) in [6, 6.07) is 7.92. The minimum atomic E-state index is -0.499. The van der Waals surface area contributed by atoms with Crippen LogP contribution in [-0.4, -0.2) is 40.8 Å². The molecule has 1 aliphatic heterocycles. The number of carbonyl (C=O) groups is 1. The molecule has 29 heavy (non-hydrogen) atoms. The van der Waals surface area contributed by atoms with Gasteiger partial charge in [-0.1, -0.05) is 6.07 Å². The maximum absolute atomic E-state index is 11.5. The lowest BCUT2D eigenvalue weighted by atomic mass is 9.98. The maximum atomic E-state index is 11.5. The highest BCUT2D eigenvalue weighted by atomic mass is 16.5. The summed E-state index contributed by atoms with van der Waals surface area (Å²) < 4.78 is 13.5. The van der Waals surface area contributed by atoms with Crippen molar-refractivity contribution in [3.8, 4) is 5.82 Å². The lowest BCUT2D eigenvalue weighted by Crippen LogP contribution is -2.30. The molecule has 1 saturated heterocycles. The summed E-state index contributed by atoms with van der Waals surface area (Å²) >= 11 is 0. The standard InChI is InChI=1S/C22H24N4O3/c1-14(27)24-20-10-18-16(11-23-20)17(15-6-7-15)12-26(18)21-5-3-4-19(25-21)22(28-2)8-9-29-13-22/h3-5,10-12,15H,6-9,13H2,1-2H3,(H,23,24,27). The van der Waals surface area contributed by atoms with E-state index in [1.807, 2.05) is 30.5 Å². The summed E-state index contributed by atoms with van der Waals surface area (Å²) in [6.45, 7) is 2.67. The Morgan fingerprint density at radius 2 is 2.24 bits per heavy atom. The van der Waals surface area contributed by atoms with E-state index >= 15 is 0 Å². The number of methoxy groups -OCH3 is 1. The monoisotopic (exact) mass is 392 g/mol. The molecule has 0 spiro atoms. The Morgan fingerprint density at radius 3 is 2.93 bits per heavy atom. The molecule has 5 rings (SSSR count). The number of pyridine rings is 2. The number of hydrogen-bond acceptors (Lipinski definition) is 5. The molecular formula is C22H24N4O3. The predicted octanol–water partition coefficient (Wildman–Crippen LogP) is 3.52. The van der Waals surface area contributed by atoms with Crippen molar-refractivity contribution in [2.24, 2.45) is 0 Å². The zero-order valence-electron chi connectivity index (χ0n) is 16.6. The zero-order valence-corrected chi connectivity index (χ0v) is 16.6. The average molecular weight is 392 g/mol. The summed E-state index contributed by atoms with van der Waals surface area (Å²) in [5.41, 5.74) is 2.66. The number of hydrogen-bond donors (Lipinski definition) is 1. The number of rotatable bonds is 5. The fourth-order valence-corrected chi connectivity index (χ4v) is 4.13. The van der Waals surface area contributed by atoms with E-state index < -0.39 is 5.60 Å². The Hall–Kier alpha value is -2.77. The van der Waals surface area contributed by atoms with Gasteiger partial charge in [-0.05, 0) is 36.5 Å². The van der Waals surface area contributed by atoms with E-state index in [4.69, 9.17) is 14.5 Å². The number of ether oxygens (including phenoxy) is 2. The largest absolute Gasteiger partial charge is 0.378 e. The first-order chi connectivity index (χ1) is 14.1. The highest BCUT2D eigenvalue weighted by Gasteiger charge is 2.38. The molecule has 4 heterocycles. The van der Waals surface area contributed by atoms with Gasteiger partial charge in [0.25, 0.3) is 0 Å². The molecule has 1 unspecified atom stereocenters. The summed E-state index contributed by atoms with van der Waals surface area (Å²) in [7, 11) is 1.71. The lowest BCUT2D eigenvalue weighted by molar-refractivity contribution is -0.114. The van der Waals surface area contributed by atoms with Crippen molar-refractivity contribution < 1.29 is 14.3 Å². The van der Waals surface area contributed by atoms with E-state index in [9.17, 15) is 4.79 Å². The maximum Gasteiger partial charge on any atom is 0.222 e. The van der Waals surface area contributed by atoms with Crippen LogP contribution in [0.3, 0.4) is 0 Å². The molecule has 0 bridgehead atoms. The summed E-state index contributed by atoms with van der Waals surface area (Å²) in [5.74, 6) is 1.80. The Kier molecular flexibility index (Phi) is 4.37. The van der Waals surface area contributed by atoms with Crippen LogP contribution in [0.4, 0.5) is 5.82 Å². The first-order valence-electron chi connectivity index (χ1n) is 9.99. The Bertz CT molecular complexity index is 1080.